The van der Waals surface area contributed by atoms with Gasteiger partial charge in [0.05, 0.1) is 12.1 Å². The number of carbonyl (C=O) groups is 1. The van der Waals surface area contributed by atoms with E-state index in [-0.39, 0.29) is 18.6 Å². The van der Waals surface area contributed by atoms with Gasteiger partial charge in [0.25, 0.3) is 0 Å². The van der Waals surface area contributed by atoms with E-state index in [4.69, 9.17) is 9.47 Å². The first kappa shape index (κ1) is 19.2. The third kappa shape index (κ3) is 3.93. The van der Waals surface area contributed by atoms with Crippen molar-refractivity contribution in [3.8, 4) is 11.5 Å². The molecule has 0 spiro atoms. The van der Waals surface area contributed by atoms with Gasteiger partial charge in [0.2, 0.25) is 12.7 Å². The highest BCUT2D eigenvalue weighted by Crippen LogP contribution is 2.34. The summed E-state index contributed by atoms with van der Waals surface area (Å²) in [4.78, 5) is 26.7. The number of anilines is 1. The minimum atomic E-state index is -0.00429. The van der Waals surface area contributed by atoms with E-state index in [0.29, 0.717) is 19.1 Å². The number of piperidine rings is 1. The van der Waals surface area contributed by atoms with Gasteiger partial charge in [-0.05, 0) is 43.4 Å². The van der Waals surface area contributed by atoms with Crippen LogP contribution in [0.15, 0.2) is 36.8 Å². The second-order valence-corrected chi connectivity index (χ2v) is 8.44. The van der Waals surface area contributed by atoms with Crippen LogP contribution in [0.3, 0.4) is 0 Å². The fourth-order valence-corrected chi connectivity index (χ4v) is 4.91. The van der Waals surface area contributed by atoms with Crippen molar-refractivity contribution in [2.45, 2.75) is 51.1 Å². The number of carbonyl (C=O) groups excluding carboxylic acids is 1. The number of amides is 1. The Morgan fingerprint density at radius 3 is 2.80 bits per heavy atom. The van der Waals surface area contributed by atoms with Gasteiger partial charge in [-0.1, -0.05) is 18.9 Å². The molecule has 1 aromatic carbocycles. The largest absolute Gasteiger partial charge is 0.454 e. The molecule has 0 N–H and O–H groups in total. The number of rotatable bonds is 5. The summed E-state index contributed by atoms with van der Waals surface area (Å²) < 4.78 is 11.0. The van der Waals surface area contributed by atoms with Crippen LogP contribution in [-0.2, 0) is 11.3 Å². The summed E-state index contributed by atoms with van der Waals surface area (Å²) in [5.41, 5.74) is 1.10. The summed E-state index contributed by atoms with van der Waals surface area (Å²) in [6, 6.07) is 6.35. The van der Waals surface area contributed by atoms with Crippen molar-refractivity contribution >= 4 is 11.7 Å². The second kappa shape index (κ2) is 8.50. The zero-order valence-electron chi connectivity index (χ0n) is 17.2. The molecular weight excluding hydrogens is 380 g/mol. The highest BCUT2D eigenvalue weighted by Gasteiger charge is 2.34. The van der Waals surface area contributed by atoms with Crippen molar-refractivity contribution in [2.24, 2.45) is 5.92 Å². The maximum absolute atomic E-state index is 13.7. The van der Waals surface area contributed by atoms with E-state index in [0.717, 1.165) is 55.1 Å². The zero-order valence-corrected chi connectivity index (χ0v) is 17.2. The molecule has 158 valence electrons. The topological polar surface area (TPSA) is 67.8 Å². The summed E-state index contributed by atoms with van der Waals surface area (Å²) in [6.45, 7) is 2.53. The Morgan fingerprint density at radius 1 is 1.10 bits per heavy atom. The molecule has 3 heterocycles. The van der Waals surface area contributed by atoms with Crippen LogP contribution in [0.5, 0.6) is 11.5 Å². The molecule has 1 saturated heterocycles. The second-order valence-electron chi connectivity index (χ2n) is 8.44. The Labute approximate surface area is 177 Å². The fourth-order valence-electron chi connectivity index (χ4n) is 4.91. The Bertz CT molecular complexity index is 885. The Morgan fingerprint density at radius 2 is 1.97 bits per heavy atom. The van der Waals surface area contributed by atoms with Gasteiger partial charge in [-0.3, -0.25) is 9.78 Å². The maximum Gasteiger partial charge on any atom is 0.231 e. The van der Waals surface area contributed by atoms with E-state index < -0.39 is 0 Å². The summed E-state index contributed by atoms with van der Waals surface area (Å²) in [6.07, 6.45) is 11.7. The third-order valence-corrected chi connectivity index (χ3v) is 6.48. The molecular formula is C23H28N4O3. The van der Waals surface area contributed by atoms with Crippen LogP contribution in [0.4, 0.5) is 5.82 Å². The average molecular weight is 409 g/mol. The molecule has 7 heteroatoms. The van der Waals surface area contributed by atoms with Crippen molar-refractivity contribution in [1.82, 2.24) is 14.9 Å². The molecule has 2 fully saturated rings. The molecule has 0 bridgehead atoms. The lowest BCUT2D eigenvalue weighted by Gasteiger charge is -2.37. The normalized spacial score (nSPS) is 21.1. The molecule has 1 amide bonds. The first-order chi connectivity index (χ1) is 14.8. The molecule has 1 unspecified atom stereocenters. The van der Waals surface area contributed by atoms with Crippen LogP contribution in [0.25, 0.3) is 0 Å². The predicted octanol–water partition coefficient (Wildman–Crippen LogP) is 3.39. The molecule has 1 aromatic heterocycles. The summed E-state index contributed by atoms with van der Waals surface area (Å²) >= 11 is 0. The number of hydrogen-bond acceptors (Lipinski definition) is 6. The number of aromatic nitrogens is 2. The van der Waals surface area contributed by atoms with Crippen LogP contribution >= 0.6 is 0 Å². The summed E-state index contributed by atoms with van der Waals surface area (Å²) in [5.74, 6) is 2.68. The van der Waals surface area contributed by atoms with Crippen molar-refractivity contribution in [3.63, 3.8) is 0 Å². The minimum absolute atomic E-state index is 0.00429. The molecule has 1 aliphatic carbocycles. The first-order valence-electron chi connectivity index (χ1n) is 11.0. The molecule has 5 rings (SSSR count). The number of benzene rings is 1. The van der Waals surface area contributed by atoms with Crippen molar-refractivity contribution in [2.75, 3.05) is 24.8 Å². The van der Waals surface area contributed by atoms with Crippen LogP contribution in [0.2, 0.25) is 0 Å². The van der Waals surface area contributed by atoms with E-state index in [2.05, 4.69) is 25.8 Å². The van der Waals surface area contributed by atoms with Gasteiger partial charge in [-0.25, -0.2) is 4.98 Å². The smallest absolute Gasteiger partial charge is 0.231 e. The lowest BCUT2D eigenvalue weighted by atomic mass is 9.95. The molecule has 1 atom stereocenters. The average Bonchev–Trinajstić information content (AvgIpc) is 3.49. The minimum Gasteiger partial charge on any atom is -0.454 e. The van der Waals surface area contributed by atoms with Crippen LogP contribution in [0.1, 0.15) is 44.1 Å². The summed E-state index contributed by atoms with van der Waals surface area (Å²) in [7, 11) is 0. The number of ether oxygens (including phenoxy) is 2. The summed E-state index contributed by atoms with van der Waals surface area (Å²) in [5, 5.41) is 0. The Balaban J connectivity index is 1.34. The highest BCUT2D eigenvalue weighted by atomic mass is 16.7. The number of nitrogens with zero attached hydrogens (tertiary/aromatic N) is 4. The van der Waals surface area contributed by atoms with Gasteiger partial charge in [-0.15, -0.1) is 0 Å². The van der Waals surface area contributed by atoms with Gasteiger partial charge in [0.1, 0.15) is 5.82 Å². The van der Waals surface area contributed by atoms with E-state index in [9.17, 15) is 4.79 Å². The monoisotopic (exact) mass is 408 g/mol. The molecule has 0 radical (unpaired) electrons. The van der Waals surface area contributed by atoms with Gasteiger partial charge in [0, 0.05) is 38.1 Å². The van der Waals surface area contributed by atoms with Gasteiger partial charge in [-0.2, -0.15) is 0 Å². The standard InChI is InChI=1S/C23H28N4O3/c28-23(18-4-3-11-26(15-18)22-13-24-9-10-25-22)27(19-5-1-2-6-19)14-17-7-8-20-21(12-17)30-16-29-20/h7-10,12-13,18-19H,1-6,11,14-16H2. The molecule has 7 nitrogen and oxygen atoms in total. The SMILES string of the molecule is O=C(C1CCCN(c2cnccn2)C1)N(Cc1ccc2c(c1)OCO2)C1CCCC1. The van der Waals surface area contributed by atoms with Crippen LogP contribution in [0, 0.1) is 5.92 Å². The van der Waals surface area contributed by atoms with E-state index in [1.54, 1.807) is 18.6 Å². The Hall–Kier alpha value is -2.83. The molecule has 30 heavy (non-hydrogen) atoms. The molecule has 2 aliphatic heterocycles. The van der Waals surface area contributed by atoms with Crippen molar-refractivity contribution in [1.29, 1.82) is 0 Å². The van der Waals surface area contributed by atoms with Crippen LogP contribution in [-0.4, -0.2) is 46.7 Å². The number of fused-ring (bicyclic) bond motifs is 1. The van der Waals surface area contributed by atoms with Gasteiger partial charge >= 0.3 is 0 Å². The van der Waals surface area contributed by atoms with Gasteiger partial charge < -0.3 is 19.3 Å². The first-order valence-corrected chi connectivity index (χ1v) is 11.0. The molecule has 3 aliphatic rings. The van der Waals surface area contributed by atoms with Crippen LogP contribution < -0.4 is 14.4 Å². The lowest BCUT2D eigenvalue weighted by molar-refractivity contribution is -0.138. The Kier molecular flexibility index (Phi) is 5.43. The van der Waals surface area contributed by atoms with Gasteiger partial charge in [0.15, 0.2) is 11.5 Å². The highest BCUT2D eigenvalue weighted by molar-refractivity contribution is 5.80. The third-order valence-electron chi connectivity index (χ3n) is 6.48. The maximum atomic E-state index is 13.7. The van der Waals surface area contributed by atoms with Crippen molar-refractivity contribution < 1.29 is 14.3 Å². The zero-order chi connectivity index (χ0) is 20.3. The quantitative estimate of drug-likeness (QED) is 0.755. The number of hydrogen-bond donors (Lipinski definition) is 0. The van der Waals surface area contributed by atoms with E-state index >= 15 is 0 Å². The lowest BCUT2D eigenvalue weighted by Crippen LogP contribution is -2.47. The molecule has 2 aromatic rings. The van der Waals surface area contributed by atoms with E-state index in [1.165, 1.54) is 12.8 Å². The fraction of sp³-hybridized carbons (Fsp3) is 0.522. The van der Waals surface area contributed by atoms with E-state index in [1.807, 2.05) is 12.1 Å². The molecule has 1 saturated carbocycles. The van der Waals surface area contributed by atoms with Crippen molar-refractivity contribution in [3.05, 3.63) is 42.4 Å². The predicted molar refractivity (Wildman–Crippen MR) is 112 cm³/mol.